The molecule has 0 saturated carbocycles. The van der Waals surface area contributed by atoms with Crippen LogP contribution in [0, 0.1) is 5.92 Å². The molecule has 94 valence electrons. The highest BCUT2D eigenvalue weighted by molar-refractivity contribution is 7.80. The number of carbonyl (C=O) groups excluding carboxylic acids is 1. The fourth-order valence-corrected chi connectivity index (χ4v) is 3.29. The standard InChI is InChI=1S/C12H17NO2S2/c1-8(14)9-2-4-13(5-3-9)12(15)11-6-10(16)7-17-11/h6-9,14,16H,2-5H2,1H3. The molecule has 1 amide bonds. The van der Waals surface area contributed by atoms with Crippen LogP contribution in [0.3, 0.4) is 0 Å². The Kier molecular flexibility index (Phi) is 4.12. The lowest BCUT2D eigenvalue weighted by Crippen LogP contribution is -2.40. The molecule has 0 aromatic carbocycles. The van der Waals surface area contributed by atoms with Gasteiger partial charge in [-0.25, -0.2) is 0 Å². The summed E-state index contributed by atoms with van der Waals surface area (Å²) < 4.78 is 0. The van der Waals surface area contributed by atoms with E-state index in [0.29, 0.717) is 5.92 Å². The summed E-state index contributed by atoms with van der Waals surface area (Å²) in [6, 6.07) is 1.82. The van der Waals surface area contributed by atoms with Crippen molar-refractivity contribution in [2.24, 2.45) is 5.92 Å². The minimum Gasteiger partial charge on any atom is -0.393 e. The fraction of sp³-hybridized carbons (Fsp3) is 0.583. The zero-order valence-electron chi connectivity index (χ0n) is 9.80. The highest BCUT2D eigenvalue weighted by Gasteiger charge is 2.26. The zero-order valence-corrected chi connectivity index (χ0v) is 11.5. The van der Waals surface area contributed by atoms with Gasteiger partial charge in [0.2, 0.25) is 0 Å². The molecule has 1 saturated heterocycles. The summed E-state index contributed by atoms with van der Waals surface area (Å²) in [5, 5.41) is 11.4. The fourth-order valence-electron chi connectivity index (χ4n) is 2.18. The van der Waals surface area contributed by atoms with E-state index in [1.165, 1.54) is 11.3 Å². The van der Waals surface area contributed by atoms with Gasteiger partial charge in [0.25, 0.3) is 5.91 Å². The van der Waals surface area contributed by atoms with Crippen LogP contribution in [-0.2, 0) is 0 Å². The molecule has 2 rings (SSSR count). The number of rotatable bonds is 2. The number of thiophene rings is 1. The second kappa shape index (κ2) is 5.42. The Balaban J connectivity index is 1.95. The molecule has 1 fully saturated rings. The van der Waals surface area contributed by atoms with E-state index in [4.69, 9.17) is 0 Å². The van der Waals surface area contributed by atoms with Crippen molar-refractivity contribution in [3.8, 4) is 0 Å². The molecule has 1 atom stereocenters. The quantitative estimate of drug-likeness (QED) is 0.810. The smallest absolute Gasteiger partial charge is 0.263 e. The van der Waals surface area contributed by atoms with Gasteiger partial charge in [-0.05, 0) is 31.7 Å². The summed E-state index contributed by atoms with van der Waals surface area (Å²) in [7, 11) is 0. The lowest BCUT2D eigenvalue weighted by molar-refractivity contribution is 0.0525. The predicted molar refractivity (Wildman–Crippen MR) is 71.9 cm³/mol. The van der Waals surface area contributed by atoms with Crippen molar-refractivity contribution in [1.82, 2.24) is 4.90 Å². The highest BCUT2D eigenvalue weighted by atomic mass is 32.1. The number of likely N-dealkylation sites (tertiary alicyclic amines) is 1. The van der Waals surface area contributed by atoms with Crippen molar-refractivity contribution < 1.29 is 9.90 Å². The van der Waals surface area contributed by atoms with Gasteiger partial charge in [-0.2, -0.15) is 0 Å². The van der Waals surface area contributed by atoms with Gasteiger partial charge in [0.05, 0.1) is 11.0 Å². The van der Waals surface area contributed by atoms with E-state index >= 15 is 0 Å². The normalized spacial score (nSPS) is 19.4. The van der Waals surface area contributed by atoms with Crippen molar-refractivity contribution >= 4 is 29.9 Å². The van der Waals surface area contributed by atoms with Gasteiger partial charge in [0, 0.05) is 23.4 Å². The predicted octanol–water partition coefficient (Wildman–Crippen LogP) is 2.27. The van der Waals surface area contributed by atoms with Crippen LogP contribution in [0.4, 0.5) is 0 Å². The molecule has 1 aliphatic heterocycles. The Hall–Kier alpha value is -0.520. The molecule has 5 heteroatoms. The van der Waals surface area contributed by atoms with Crippen LogP contribution >= 0.6 is 24.0 Å². The number of hydrogen-bond acceptors (Lipinski definition) is 4. The second-order valence-electron chi connectivity index (χ2n) is 4.54. The number of nitrogens with zero attached hydrogens (tertiary/aromatic N) is 1. The number of aliphatic hydroxyl groups excluding tert-OH is 1. The van der Waals surface area contributed by atoms with E-state index in [1.807, 2.05) is 23.3 Å². The topological polar surface area (TPSA) is 40.5 Å². The van der Waals surface area contributed by atoms with Crippen LogP contribution in [0.5, 0.6) is 0 Å². The van der Waals surface area contributed by atoms with E-state index < -0.39 is 0 Å². The first-order valence-corrected chi connectivity index (χ1v) is 7.15. The molecular formula is C12H17NO2S2. The van der Waals surface area contributed by atoms with Crippen LogP contribution in [-0.4, -0.2) is 35.1 Å². The van der Waals surface area contributed by atoms with E-state index in [1.54, 1.807) is 0 Å². The molecule has 17 heavy (non-hydrogen) atoms. The van der Waals surface area contributed by atoms with Crippen LogP contribution in [0.25, 0.3) is 0 Å². The molecule has 1 aliphatic rings. The monoisotopic (exact) mass is 271 g/mol. The number of carbonyl (C=O) groups is 1. The van der Waals surface area contributed by atoms with Crippen LogP contribution in [0.2, 0.25) is 0 Å². The largest absolute Gasteiger partial charge is 0.393 e. The molecule has 2 heterocycles. The summed E-state index contributed by atoms with van der Waals surface area (Å²) in [4.78, 5) is 15.6. The summed E-state index contributed by atoms with van der Waals surface area (Å²) >= 11 is 5.65. The van der Waals surface area contributed by atoms with Gasteiger partial charge < -0.3 is 10.0 Å². The zero-order chi connectivity index (χ0) is 12.4. The minimum atomic E-state index is -0.266. The SMILES string of the molecule is CC(O)C1CCN(C(=O)c2cc(S)cs2)CC1. The van der Waals surface area contributed by atoms with Gasteiger partial charge in [-0.1, -0.05) is 0 Å². The Bertz CT molecular complexity index is 395. The second-order valence-corrected chi connectivity index (χ2v) is 5.97. The Labute approximate surface area is 111 Å². The third-order valence-electron chi connectivity index (χ3n) is 3.31. The van der Waals surface area contributed by atoms with Crippen LogP contribution in [0.15, 0.2) is 16.3 Å². The van der Waals surface area contributed by atoms with Gasteiger partial charge in [0.15, 0.2) is 0 Å². The lowest BCUT2D eigenvalue weighted by atomic mass is 9.92. The van der Waals surface area contributed by atoms with Gasteiger partial charge in [-0.15, -0.1) is 24.0 Å². The summed E-state index contributed by atoms with van der Waals surface area (Å²) in [5.74, 6) is 0.433. The summed E-state index contributed by atoms with van der Waals surface area (Å²) in [6.45, 7) is 3.32. The van der Waals surface area contributed by atoms with Crippen LogP contribution in [0.1, 0.15) is 29.4 Å². The maximum atomic E-state index is 12.1. The van der Waals surface area contributed by atoms with E-state index in [0.717, 1.165) is 35.7 Å². The summed E-state index contributed by atoms with van der Waals surface area (Å²) in [5.41, 5.74) is 0. The number of amides is 1. The van der Waals surface area contributed by atoms with Crippen molar-refractivity contribution in [1.29, 1.82) is 0 Å². The molecule has 1 N–H and O–H groups in total. The molecule has 0 radical (unpaired) electrons. The third kappa shape index (κ3) is 3.03. The van der Waals surface area contributed by atoms with Gasteiger partial charge in [0.1, 0.15) is 0 Å². The first-order chi connectivity index (χ1) is 8.08. The van der Waals surface area contributed by atoms with E-state index in [-0.39, 0.29) is 12.0 Å². The van der Waals surface area contributed by atoms with E-state index in [2.05, 4.69) is 12.6 Å². The number of piperidine rings is 1. The molecule has 0 bridgehead atoms. The number of aliphatic hydroxyl groups is 1. The first-order valence-electron chi connectivity index (χ1n) is 5.83. The molecular weight excluding hydrogens is 254 g/mol. The molecule has 1 unspecified atom stereocenters. The maximum Gasteiger partial charge on any atom is 0.263 e. The summed E-state index contributed by atoms with van der Waals surface area (Å²) in [6.07, 6.45) is 1.52. The molecule has 0 aliphatic carbocycles. The minimum absolute atomic E-state index is 0.0966. The number of thiol groups is 1. The van der Waals surface area contributed by atoms with Crippen molar-refractivity contribution in [2.45, 2.75) is 30.8 Å². The Morgan fingerprint density at radius 1 is 1.59 bits per heavy atom. The first kappa shape index (κ1) is 12.9. The van der Waals surface area contributed by atoms with Gasteiger partial charge in [-0.3, -0.25) is 4.79 Å². The lowest BCUT2D eigenvalue weighted by Gasteiger charge is -2.33. The van der Waals surface area contributed by atoms with Crippen molar-refractivity contribution in [2.75, 3.05) is 13.1 Å². The number of hydrogen-bond donors (Lipinski definition) is 2. The molecule has 3 nitrogen and oxygen atoms in total. The van der Waals surface area contributed by atoms with E-state index in [9.17, 15) is 9.90 Å². The Morgan fingerprint density at radius 3 is 2.71 bits per heavy atom. The Morgan fingerprint density at radius 2 is 2.24 bits per heavy atom. The molecule has 1 aromatic rings. The molecule has 0 spiro atoms. The average molecular weight is 271 g/mol. The van der Waals surface area contributed by atoms with Crippen molar-refractivity contribution in [3.05, 3.63) is 16.3 Å². The molecule has 1 aromatic heterocycles. The third-order valence-corrected chi connectivity index (χ3v) is 4.66. The average Bonchev–Trinajstić information content (AvgIpc) is 2.75. The maximum absolute atomic E-state index is 12.1. The van der Waals surface area contributed by atoms with Crippen LogP contribution < -0.4 is 0 Å². The highest BCUT2D eigenvalue weighted by Crippen LogP contribution is 2.24. The van der Waals surface area contributed by atoms with Gasteiger partial charge >= 0.3 is 0 Å². The van der Waals surface area contributed by atoms with Crippen molar-refractivity contribution in [3.63, 3.8) is 0 Å².